The molecular weight excluding hydrogens is 214 g/mol. The van der Waals surface area contributed by atoms with Crippen molar-refractivity contribution < 1.29 is 19.4 Å². The second-order valence-corrected chi connectivity index (χ2v) is 4.10. The Morgan fingerprint density at radius 1 is 1.50 bits per heavy atom. The predicted octanol–water partition coefficient (Wildman–Crippen LogP) is 1.45. The number of carboxylic acid groups (broad SMARTS) is 1. The highest BCUT2D eigenvalue weighted by Crippen LogP contribution is 2.10. The quantitative estimate of drug-likeness (QED) is 0.709. The van der Waals surface area contributed by atoms with E-state index in [0.29, 0.717) is 0 Å². The van der Waals surface area contributed by atoms with Gasteiger partial charge in [-0.25, -0.2) is 9.59 Å². The zero-order valence-electron chi connectivity index (χ0n) is 9.20. The largest absolute Gasteiger partial charge is 0.477 e. The van der Waals surface area contributed by atoms with Crippen LogP contribution in [0.15, 0.2) is 6.07 Å². The second kappa shape index (κ2) is 4.21. The maximum Gasteiger partial charge on any atom is 0.413 e. The van der Waals surface area contributed by atoms with E-state index in [4.69, 9.17) is 9.84 Å². The summed E-state index contributed by atoms with van der Waals surface area (Å²) in [6.45, 7) is 5.17. The molecule has 0 unspecified atom stereocenters. The van der Waals surface area contributed by atoms with Crippen molar-refractivity contribution in [1.29, 1.82) is 0 Å². The molecule has 1 amide bonds. The minimum absolute atomic E-state index is 0.103. The van der Waals surface area contributed by atoms with Crippen LogP contribution in [0.2, 0.25) is 0 Å². The Bertz CT molecular complexity index is 405. The van der Waals surface area contributed by atoms with E-state index in [1.807, 2.05) is 0 Å². The van der Waals surface area contributed by atoms with Crippen LogP contribution in [-0.2, 0) is 4.74 Å². The molecule has 1 aromatic heterocycles. The minimum atomic E-state index is -1.15. The van der Waals surface area contributed by atoms with E-state index in [1.54, 1.807) is 20.8 Å². The van der Waals surface area contributed by atoms with E-state index in [-0.39, 0.29) is 11.5 Å². The Morgan fingerprint density at radius 3 is 2.56 bits per heavy atom. The molecule has 0 aromatic carbocycles. The number of aromatic amines is 1. The number of anilines is 1. The van der Waals surface area contributed by atoms with Gasteiger partial charge < -0.3 is 9.84 Å². The van der Waals surface area contributed by atoms with Gasteiger partial charge in [0.1, 0.15) is 11.3 Å². The first-order chi connectivity index (χ1) is 7.28. The highest BCUT2D eigenvalue weighted by atomic mass is 16.6. The van der Waals surface area contributed by atoms with Gasteiger partial charge in [0.25, 0.3) is 0 Å². The molecule has 1 heterocycles. The van der Waals surface area contributed by atoms with Crippen molar-refractivity contribution in [2.24, 2.45) is 0 Å². The van der Waals surface area contributed by atoms with E-state index in [2.05, 4.69) is 15.5 Å². The smallest absolute Gasteiger partial charge is 0.413 e. The molecule has 0 saturated carbocycles. The highest BCUT2D eigenvalue weighted by molar-refractivity contribution is 5.89. The van der Waals surface area contributed by atoms with Gasteiger partial charge in [-0.2, -0.15) is 5.10 Å². The van der Waals surface area contributed by atoms with Crippen molar-refractivity contribution in [3.63, 3.8) is 0 Å². The number of ether oxygens (including phenoxy) is 1. The zero-order chi connectivity index (χ0) is 12.3. The molecule has 0 fully saturated rings. The monoisotopic (exact) mass is 227 g/mol. The molecule has 0 aliphatic rings. The lowest BCUT2D eigenvalue weighted by Gasteiger charge is -2.18. The fourth-order valence-corrected chi connectivity index (χ4v) is 0.903. The van der Waals surface area contributed by atoms with Gasteiger partial charge in [0.15, 0.2) is 5.82 Å². The third-order valence-electron chi connectivity index (χ3n) is 1.44. The van der Waals surface area contributed by atoms with Gasteiger partial charge >= 0.3 is 12.1 Å². The number of nitrogens with one attached hydrogen (secondary N) is 2. The van der Waals surface area contributed by atoms with E-state index in [9.17, 15) is 9.59 Å². The van der Waals surface area contributed by atoms with E-state index < -0.39 is 17.7 Å². The van der Waals surface area contributed by atoms with Gasteiger partial charge in [-0.05, 0) is 20.8 Å². The van der Waals surface area contributed by atoms with Crippen molar-refractivity contribution in [3.05, 3.63) is 11.8 Å². The van der Waals surface area contributed by atoms with E-state index in [1.165, 1.54) is 6.07 Å². The Labute approximate surface area is 91.8 Å². The normalized spacial score (nSPS) is 10.9. The van der Waals surface area contributed by atoms with Crippen LogP contribution in [0.3, 0.4) is 0 Å². The summed E-state index contributed by atoms with van der Waals surface area (Å²) in [7, 11) is 0. The number of carboxylic acids is 1. The van der Waals surface area contributed by atoms with Crippen molar-refractivity contribution >= 4 is 17.9 Å². The van der Waals surface area contributed by atoms with Crippen LogP contribution < -0.4 is 5.32 Å². The standard InChI is InChI=1S/C9H13N3O4/c1-9(2,3)16-8(15)10-6-4-5(7(13)14)11-12-6/h4H,1-3H3,(H,13,14)(H2,10,11,12,15). The van der Waals surface area contributed by atoms with Crippen LogP contribution in [0.1, 0.15) is 31.3 Å². The second-order valence-electron chi connectivity index (χ2n) is 4.10. The van der Waals surface area contributed by atoms with Crippen molar-refractivity contribution in [2.45, 2.75) is 26.4 Å². The van der Waals surface area contributed by atoms with Crippen LogP contribution in [0.4, 0.5) is 10.6 Å². The molecule has 1 rings (SSSR count). The minimum Gasteiger partial charge on any atom is -0.477 e. The van der Waals surface area contributed by atoms with Gasteiger partial charge in [0, 0.05) is 6.07 Å². The maximum atomic E-state index is 11.3. The molecule has 0 saturated heterocycles. The molecule has 88 valence electrons. The van der Waals surface area contributed by atoms with Crippen molar-refractivity contribution in [2.75, 3.05) is 5.32 Å². The first-order valence-corrected chi connectivity index (χ1v) is 4.56. The SMILES string of the molecule is CC(C)(C)OC(=O)Nc1cc(C(=O)O)[nH]n1. The van der Waals surface area contributed by atoms with Gasteiger partial charge in [-0.1, -0.05) is 0 Å². The molecule has 16 heavy (non-hydrogen) atoms. The number of carbonyl (C=O) groups is 2. The van der Waals surface area contributed by atoms with Gasteiger partial charge in [-0.15, -0.1) is 0 Å². The molecule has 0 atom stereocenters. The molecule has 0 aliphatic heterocycles. The summed E-state index contributed by atoms with van der Waals surface area (Å²) in [4.78, 5) is 21.8. The summed E-state index contributed by atoms with van der Waals surface area (Å²) in [6, 6.07) is 1.20. The summed E-state index contributed by atoms with van der Waals surface area (Å²) in [5, 5.41) is 16.8. The Kier molecular flexibility index (Phi) is 3.17. The third-order valence-corrected chi connectivity index (χ3v) is 1.44. The molecule has 0 spiro atoms. The Hall–Kier alpha value is -2.05. The van der Waals surface area contributed by atoms with Gasteiger partial charge in [0.05, 0.1) is 0 Å². The fraction of sp³-hybridized carbons (Fsp3) is 0.444. The van der Waals surface area contributed by atoms with E-state index in [0.717, 1.165) is 0 Å². The van der Waals surface area contributed by atoms with Crippen molar-refractivity contribution in [3.8, 4) is 0 Å². The molecule has 7 nitrogen and oxygen atoms in total. The number of hydrogen-bond acceptors (Lipinski definition) is 4. The lowest BCUT2D eigenvalue weighted by Crippen LogP contribution is -2.27. The first-order valence-electron chi connectivity index (χ1n) is 4.56. The van der Waals surface area contributed by atoms with Crippen LogP contribution in [0, 0.1) is 0 Å². The van der Waals surface area contributed by atoms with Crippen LogP contribution in [-0.4, -0.2) is 33.0 Å². The summed E-state index contributed by atoms with van der Waals surface area (Å²) >= 11 is 0. The number of rotatable bonds is 2. The number of amides is 1. The summed E-state index contributed by atoms with van der Waals surface area (Å²) in [5.41, 5.74) is -0.721. The number of hydrogen-bond donors (Lipinski definition) is 3. The average Bonchev–Trinajstić information content (AvgIpc) is 2.48. The fourth-order valence-electron chi connectivity index (χ4n) is 0.903. The first kappa shape index (κ1) is 12.0. The third kappa shape index (κ3) is 3.60. The number of nitrogens with zero attached hydrogens (tertiary/aromatic N) is 1. The lowest BCUT2D eigenvalue weighted by molar-refractivity contribution is 0.0633. The Morgan fingerprint density at radius 2 is 2.12 bits per heavy atom. The van der Waals surface area contributed by atoms with Crippen LogP contribution in [0.25, 0.3) is 0 Å². The van der Waals surface area contributed by atoms with Crippen LogP contribution >= 0.6 is 0 Å². The number of carbonyl (C=O) groups excluding carboxylic acids is 1. The molecule has 0 radical (unpaired) electrons. The summed E-state index contributed by atoms with van der Waals surface area (Å²) in [5.74, 6) is -1.05. The predicted molar refractivity (Wildman–Crippen MR) is 55.4 cm³/mol. The molecule has 1 aromatic rings. The lowest BCUT2D eigenvalue weighted by atomic mass is 10.2. The van der Waals surface area contributed by atoms with Gasteiger partial charge in [-0.3, -0.25) is 10.4 Å². The molecule has 0 aliphatic carbocycles. The maximum absolute atomic E-state index is 11.3. The molecule has 7 heteroatoms. The topological polar surface area (TPSA) is 104 Å². The van der Waals surface area contributed by atoms with Crippen molar-refractivity contribution in [1.82, 2.24) is 10.2 Å². The highest BCUT2D eigenvalue weighted by Gasteiger charge is 2.17. The number of H-pyrrole nitrogens is 1. The van der Waals surface area contributed by atoms with Gasteiger partial charge in [0.2, 0.25) is 0 Å². The average molecular weight is 227 g/mol. The molecular formula is C9H13N3O4. The number of aromatic nitrogens is 2. The zero-order valence-corrected chi connectivity index (χ0v) is 9.20. The summed E-state index contributed by atoms with van der Waals surface area (Å²) in [6.07, 6.45) is -0.684. The number of aromatic carboxylic acids is 1. The van der Waals surface area contributed by atoms with E-state index >= 15 is 0 Å². The summed E-state index contributed by atoms with van der Waals surface area (Å²) < 4.78 is 4.96. The van der Waals surface area contributed by atoms with Crippen LogP contribution in [0.5, 0.6) is 0 Å². The Balaban J connectivity index is 2.60. The molecule has 3 N–H and O–H groups in total. The molecule has 0 bridgehead atoms.